The smallest absolute Gasteiger partial charge is 0.338 e. The lowest BCUT2D eigenvalue weighted by Gasteiger charge is -2.27. The fraction of sp³-hybridized carbons (Fsp3) is 0.276. The molecule has 0 bridgehead atoms. The van der Waals surface area contributed by atoms with Crippen LogP contribution in [0.1, 0.15) is 37.8 Å². The number of carbonyl (C=O) groups excluding carboxylic acids is 2. The van der Waals surface area contributed by atoms with Gasteiger partial charge in [0, 0.05) is 0 Å². The standard InChI is InChI=1S/C29H30N2O7S/c1-5-36-19-12-8-17(9-13-19)16-21-26(32)31-25(30)23(29(34)38-7-3)22(24(27(31)39-21)28(33)35-4)18-10-14-20(15-11-18)37-6-2/h8-16,22H,5-7,30H2,1-4H3/b21-16+/t22-/m1/s1. The first-order valence-electron chi connectivity index (χ1n) is 12.5. The van der Waals surface area contributed by atoms with Crippen LogP contribution in [0.15, 0.2) is 58.9 Å². The molecule has 3 aromatic rings. The number of fused-ring (bicyclic) bond motifs is 1. The number of rotatable bonds is 9. The summed E-state index contributed by atoms with van der Waals surface area (Å²) in [6, 6.07) is 14.2. The van der Waals surface area contributed by atoms with Crippen molar-refractivity contribution in [1.29, 1.82) is 0 Å². The summed E-state index contributed by atoms with van der Waals surface area (Å²) in [6.45, 7) is 6.55. The second kappa shape index (κ2) is 12.0. The van der Waals surface area contributed by atoms with Crippen molar-refractivity contribution in [3.63, 3.8) is 0 Å². The normalized spacial score (nSPS) is 15.1. The van der Waals surface area contributed by atoms with E-state index in [1.54, 1.807) is 37.3 Å². The Morgan fingerprint density at radius 1 is 0.897 bits per heavy atom. The Morgan fingerprint density at radius 3 is 2.03 bits per heavy atom. The van der Waals surface area contributed by atoms with E-state index in [2.05, 4.69) is 0 Å². The molecule has 4 rings (SSSR count). The average molecular weight is 551 g/mol. The Labute approximate surface area is 229 Å². The Morgan fingerprint density at radius 2 is 1.49 bits per heavy atom. The van der Waals surface area contributed by atoms with Gasteiger partial charge in [0.2, 0.25) is 0 Å². The molecule has 0 spiro atoms. The Balaban J connectivity index is 2.01. The van der Waals surface area contributed by atoms with E-state index in [0.717, 1.165) is 16.9 Å². The number of esters is 2. The Kier molecular flexibility index (Phi) is 8.55. The van der Waals surface area contributed by atoms with Crippen LogP contribution in [-0.2, 0) is 19.1 Å². The first-order chi connectivity index (χ1) is 18.8. The summed E-state index contributed by atoms with van der Waals surface area (Å²) in [5, 5.41) is 0. The van der Waals surface area contributed by atoms with Crippen LogP contribution >= 0.6 is 11.3 Å². The molecule has 1 aromatic heterocycles. The molecule has 0 saturated carbocycles. The maximum Gasteiger partial charge on any atom is 0.338 e. The average Bonchev–Trinajstić information content (AvgIpc) is 3.25. The Hall–Kier alpha value is -4.31. The molecular formula is C29H30N2O7S. The highest BCUT2D eigenvalue weighted by molar-refractivity contribution is 7.07. The molecule has 1 aliphatic rings. The Bertz CT molecular complexity index is 1580. The van der Waals surface area contributed by atoms with Gasteiger partial charge in [-0.1, -0.05) is 24.3 Å². The highest BCUT2D eigenvalue weighted by Gasteiger charge is 2.39. The molecule has 39 heavy (non-hydrogen) atoms. The zero-order valence-electron chi connectivity index (χ0n) is 22.2. The summed E-state index contributed by atoms with van der Waals surface area (Å²) < 4.78 is 23.3. The molecule has 1 aliphatic heterocycles. The van der Waals surface area contributed by atoms with Crippen molar-refractivity contribution >= 4 is 40.7 Å². The van der Waals surface area contributed by atoms with Gasteiger partial charge in [-0.3, -0.25) is 9.36 Å². The number of ether oxygens (including phenoxy) is 4. The van der Waals surface area contributed by atoms with E-state index in [-0.39, 0.29) is 28.2 Å². The predicted octanol–water partition coefficient (Wildman–Crippen LogP) is 2.35. The van der Waals surface area contributed by atoms with E-state index < -0.39 is 23.4 Å². The van der Waals surface area contributed by atoms with E-state index >= 15 is 0 Å². The molecule has 0 aliphatic carbocycles. The van der Waals surface area contributed by atoms with Crippen molar-refractivity contribution in [1.82, 2.24) is 4.57 Å². The minimum absolute atomic E-state index is 0.0126. The van der Waals surface area contributed by atoms with E-state index in [0.29, 0.717) is 34.8 Å². The van der Waals surface area contributed by atoms with Crippen LogP contribution in [-0.4, -0.2) is 43.4 Å². The largest absolute Gasteiger partial charge is 0.494 e. The van der Waals surface area contributed by atoms with Crippen molar-refractivity contribution in [2.45, 2.75) is 26.7 Å². The number of hydrogen-bond donors (Lipinski definition) is 1. The van der Waals surface area contributed by atoms with Gasteiger partial charge < -0.3 is 24.7 Å². The number of benzene rings is 2. The third-order valence-corrected chi connectivity index (χ3v) is 7.17. The van der Waals surface area contributed by atoms with Crippen LogP contribution in [0.5, 0.6) is 11.5 Å². The number of nitrogens with zero attached hydrogens (tertiary/aromatic N) is 1. The van der Waals surface area contributed by atoms with Crippen LogP contribution in [0.3, 0.4) is 0 Å². The molecule has 204 valence electrons. The van der Waals surface area contributed by atoms with Crippen molar-refractivity contribution in [2.24, 2.45) is 5.73 Å². The van der Waals surface area contributed by atoms with Crippen LogP contribution in [0, 0.1) is 0 Å². The molecule has 2 N–H and O–H groups in total. The lowest BCUT2D eigenvalue weighted by Crippen LogP contribution is -2.41. The predicted molar refractivity (Wildman–Crippen MR) is 149 cm³/mol. The SMILES string of the molecule is CCOC(=O)C1=C(N)n2c(s/c(=C/c3ccc(OCC)cc3)c2=O)=C(C(=O)OC)[C@@H]1c1ccc(OCC)cc1. The van der Waals surface area contributed by atoms with Crippen LogP contribution in [0.25, 0.3) is 17.5 Å². The van der Waals surface area contributed by atoms with Gasteiger partial charge in [-0.2, -0.15) is 0 Å². The van der Waals surface area contributed by atoms with Crippen LogP contribution < -0.4 is 30.0 Å². The summed E-state index contributed by atoms with van der Waals surface area (Å²) in [7, 11) is 1.25. The first-order valence-corrected chi connectivity index (χ1v) is 13.3. The second-order valence-electron chi connectivity index (χ2n) is 8.42. The fourth-order valence-electron chi connectivity index (χ4n) is 4.40. The van der Waals surface area contributed by atoms with Gasteiger partial charge in [-0.25, -0.2) is 9.59 Å². The van der Waals surface area contributed by atoms with E-state index in [1.807, 2.05) is 38.1 Å². The highest BCUT2D eigenvalue weighted by atomic mass is 32.1. The quantitative estimate of drug-likeness (QED) is 0.404. The zero-order valence-corrected chi connectivity index (χ0v) is 23.0. The highest BCUT2D eigenvalue weighted by Crippen LogP contribution is 2.38. The monoisotopic (exact) mass is 550 g/mol. The van der Waals surface area contributed by atoms with Gasteiger partial charge in [0.1, 0.15) is 22.0 Å². The summed E-state index contributed by atoms with van der Waals surface area (Å²) in [5.74, 6) is -1.10. The second-order valence-corrected chi connectivity index (χ2v) is 9.45. The van der Waals surface area contributed by atoms with Gasteiger partial charge in [0.25, 0.3) is 5.56 Å². The minimum atomic E-state index is -0.927. The van der Waals surface area contributed by atoms with Gasteiger partial charge >= 0.3 is 11.9 Å². The zero-order chi connectivity index (χ0) is 28.1. The maximum atomic E-state index is 13.6. The van der Waals surface area contributed by atoms with Crippen molar-refractivity contribution < 1.29 is 28.5 Å². The van der Waals surface area contributed by atoms with Gasteiger partial charge in [0.15, 0.2) is 0 Å². The third-order valence-electron chi connectivity index (χ3n) is 6.06. The summed E-state index contributed by atoms with van der Waals surface area (Å²) in [4.78, 5) is 40.1. The maximum absolute atomic E-state index is 13.6. The van der Waals surface area contributed by atoms with Crippen molar-refractivity contribution in [3.05, 3.63) is 84.8 Å². The fourth-order valence-corrected chi connectivity index (χ4v) is 5.56. The topological polar surface area (TPSA) is 119 Å². The number of thiazole rings is 1. The van der Waals surface area contributed by atoms with Crippen LogP contribution in [0.4, 0.5) is 0 Å². The molecular weight excluding hydrogens is 520 g/mol. The number of hydrogen-bond acceptors (Lipinski definition) is 9. The van der Waals surface area contributed by atoms with Gasteiger partial charge in [0.05, 0.1) is 48.5 Å². The molecule has 0 unspecified atom stereocenters. The molecule has 0 radical (unpaired) electrons. The summed E-state index contributed by atoms with van der Waals surface area (Å²) in [6.07, 6.45) is 1.70. The summed E-state index contributed by atoms with van der Waals surface area (Å²) >= 11 is 1.10. The van der Waals surface area contributed by atoms with E-state index in [9.17, 15) is 14.4 Å². The molecule has 9 nitrogen and oxygen atoms in total. The van der Waals surface area contributed by atoms with Crippen LogP contribution in [0.2, 0.25) is 0 Å². The number of carbonyl (C=O) groups is 2. The molecule has 2 aromatic carbocycles. The first kappa shape index (κ1) is 27.7. The number of aromatic nitrogens is 1. The number of nitrogens with two attached hydrogens (primary N) is 1. The summed E-state index contributed by atoms with van der Waals surface area (Å²) in [5.41, 5.74) is 7.51. The van der Waals surface area contributed by atoms with Gasteiger partial charge in [-0.05, 0) is 62.2 Å². The molecule has 0 amide bonds. The molecule has 0 saturated heterocycles. The lowest BCUT2D eigenvalue weighted by molar-refractivity contribution is -0.138. The lowest BCUT2D eigenvalue weighted by atomic mass is 9.83. The molecule has 0 fully saturated rings. The van der Waals surface area contributed by atoms with E-state index in [1.165, 1.54) is 11.7 Å². The number of methoxy groups -OCH3 is 1. The van der Waals surface area contributed by atoms with Crippen molar-refractivity contribution in [3.8, 4) is 11.5 Å². The third kappa shape index (κ3) is 5.46. The van der Waals surface area contributed by atoms with Gasteiger partial charge in [-0.15, -0.1) is 11.3 Å². The van der Waals surface area contributed by atoms with Crippen molar-refractivity contribution in [2.75, 3.05) is 26.9 Å². The van der Waals surface area contributed by atoms with E-state index in [4.69, 9.17) is 24.7 Å². The molecule has 1 atom stereocenters. The molecule has 10 heteroatoms. The molecule has 2 heterocycles. The minimum Gasteiger partial charge on any atom is -0.494 e.